The molecule has 0 aliphatic rings. The standard InChI is InChI=1S/C21H20O/c1-2-20(22)19-15-9-14-18(16-10-5-3-6-11-16)21(19)17-12-7-4-8-13-17/h3-15,20,22H,2H2,1H3/t20-/m0/s1. The van der Waals surface area contributed by atoms with Gasteiger partial charge in [0.1, 0.15) is 0 Å². The van der Waals surface area contributed by atoms with Crippen LogP contribution in [0.15, 0.2) is 78.9 Å². The van der Waals surface area contributed by atoms with Crippen molar-refractivity contribution in [2.75, 3.05) is 0 Å². The highest BCUT2D eigenvalue weighted by Crippen LogP contribution is 2.38. The Morgan fingerprint density at radius 1 is 0.727 bits per heavy atom. The van der Waals surface area contributed by atoms with Gasteiger partial charge in [0.15, 0.2) is 0 Å². The minimum absolute atomic E-state index is 0.445. The molecule has 3 aromatic carbocycles. The maximum Gasteiger partial charge on any atom is 0.0793 e. The van der Waals surface area contributed by atoms with E-state index in [-0.39, 0.29) is 0 Å². The molecule has 0 saturated carbocycles. The van der Waals surface area contributed by atoms with Crippen LogP contribution >= 0.6 is 0 Å². The molecule has 0 radical (unpaired) electrons. The third kappa shape index (κ3) is 2.81. The van der Waals surface area contributed by atoms with Gasteiger partial charge in [-0.25, -0.2) is 0 Å². The third-order valence-corrected chi connectivity index (χ3v) is 3.99. The molecule has 0 unspecified atom stereocenters. The molecule has 0 saturated heterocycles. The summed E-state index contributed by atoms with van der Waals surface area (Å²) in [6.45, 7) is 2.01. The summed E-state index contributed by atoms with van der Waals surface area (Å²) < 4.78 is 0. The lowest BCUT2D eigenvalue weighted by Crippen LogP contribution is -2.00. The Bertz CT molecular complexity index is 732. The third-order valence-electron chi connectivity index (χ3n) is 3.99. The van der Waals surface area contributed by atoms with Crippen LogP contribution in [0.1, 0.15) is 25.0 Å². The zero-order valence-electron chi connectivity index (χ0n) is 12.7. The fraction of sp³-hybridized carbons (Fsp3) is 0.143. The fourth-order valence-electron chi connectivity index (χ4n) is 2.85. The molecule has 3 aromatic rings. The molecule has 0 heterocycles. The van der Waals surface area contributed by atoms with Crippen LogP contribution in [0.4, 0.5) is 0 Å². The van der Waals surface area contributed by atoms with Crippen LogP contribution in [0, 0.1) is 0 Å². The van der Waals surface area contributed by atoms with E-state index in [0.29, 0.717) is 6.42 Å². The molecule has 110 valence electrons. The summed E-state index contributed by atoms with van der Waals surface area (Å²) in [5.41, 5.74) is 5.60. The van der Waals surface area contributed by atoms with Gasteiger partial charge >= 0.3 is 0 Å². The van der Waals surface area contributed by atoms with Crippen molar-refractivity contribution in [1.29, 1.82) is 0 Å². The second-order valence-electron chi connectivity index (χ2n) is 5.43. The molecule has 0 amide bonds. The van der Waals surface area contributed by atoms with Gasteiger partial charge in [0.25, 0.3) is 0 Å². The SMILES string of the molecule is CC[C@H](O)c1cccc(-c2ccccc2)c1-c1ccccc1. The van der Waals surface area contributed by atoms with Gasteiger partial charge < -0.3 is 5.11 Å². The van der Waals surface area contributed by atoms with Crippen molar-refractivity contribution < 1.29 is 5.11 Å². The van der Waals surface area contributed by atoms with Crippen LogP contribution in [0.3, 0.4) is 0 Å². The normalized spacial score (nSPS) is 12.1. The monoisotopic (exact) mass is 288 g/mol. The van der Waals surface area contributed by atoms with E-state index in [1.807, 2.05) is 55.5 Å². The minimum Gasteiger partial charge on any atom is -0.388 e. The molecule has 3 rings (SSSR count). The number of rotatable bonds is 4. The summed E-state index contributed by atoms with van der Waals surface area (Å²) in [5, 5.41) is 10.4. The quantitative estimate of drug-likeness (QED) is 0.675. The molecule has 1 nitrogen and oxygen atoms in total. The summed E-state index contributed by atoms with van der Waals surface area (Å²) in [7, 11) is 0. The first-order valence-electron chi connectivity index (χ1n) is 7.73. The number of hydrogen-bond donors (Lipinski definition) is 1. The fourth-order valence-corrected chi connectivity index (χ4v) is 2.85. The van der Waals surface area contributed by atoms with Crippen molar-refractivity contribution in [3.8, 4) is 22.3 Å². The zero-order valence-corrected chi connectivity index (χ0v) is 12.7. The molecule has 0 aromatic heterocycles. The van der Waals surface area contributed by atoms with E-state index in [0.717, 1.165) is 22.3 Å². The summed E-state index contributed by atoms with van der Waals surface area (Å²) >= 11 is 0. The lowest BCUT2D eigenvalue weighted by atomic mass is 9.88. The first-order chi connectivity index (χ1) is 10.8. The number of benzene rings is 3. The molecule has 0 fully saturated rings. The molecule has 1 atom stereocenters. The van der Waals surface area contributed by atoms with E-state index in [1.54, 1.807) is 0 Å². The van der Waals surface area contributed by atoms with Gasteiger partial charge in [-0.05, 0) is 34.2 Å². The van der Waals surface area contributed by atoms with Crippen molar-refractivity contribution in [2.45, 2.75) is 19.4 Å². The lowest BCUT2D eigenvalue weighted by molar-refractivity contribution is 0.174. The molecule has 22 heavy (non-hydrogen) atoms. The Hall–Kier alpha value is -2.38. The van der Waals surface area contributed by atoms with E-state index in [2.05, 4.69) is 30.3 Å². The average molecular weight is 288 g/mol. The van der Waals surface area contributed by atoms with Crippen molar-refractivity contribution in [2.24, 2.45) is 0 Å². The predicted molar refractivity (Wildman–Crippen MR) is 92.6 cm³/mol. The van der Waals surface area contributed by atoms with Crippen LogP contribution in [0.5, 0.6) is 0 Å². The maximum absolute atomic E-state index is 10.4. The summed E-state index contributed by atoms with van der Waals surface area (Å²) in [6.07, 6.45) is 0.261. The van der Waals surface area contributed by atoms with Crippen molar-refractivity contribution in [3.05, 3.63) is 84.4 Å². The van der Waals surface area contributed by atoms with Gasteiger partial charge in [-0.2, -0.15) is 0 Å². The Balaban J connectivity index is 2.27. The number of hydrogen-bond acceptors (Lipinski definition) is 1. The van der Waals surface area contributed by atoms with Gasteiger partial charge in [0.2, 0.25) is 0 Å². The number of aliphatic hydroxyl groups is 1. The Kier molecular flexibility index (Phi) is 4.36. The smallest absolute Gasteiger partial charge is 0.0793 e. The average Bonchev–Trinajstić information content (AvgIpc) is 2.62. The van der Waals surface area contributed by atoms with E-state index in [4.69, 9.17) is 0 Å². The van der Waals surface area contributed by atoms with Crippen molar-refractivity contribution >= 4 is 0 Å². The predicted octanol–water partition coefficient (Wildman–Crippen LogP) is 5.46. The lowest BCUT2D eigenvalue weighted by Gasteiger charge is -2.18. The highest BCUT2D eigenvalue weighted by molar-refractivity contribution is 5.86. The van der Waals surface area contributed by atoms with E-state index in [1.165, 1.54) is 5.56 Å². The summed E-state index contributed by atoms with van der Waals surface area (Å²) in [4.78, 5) is 0. The van der Waals surface area contributed by atoms with Gasteiger partial charge in [-0.1, -0.05) is 85.8 Å². The Labute approximate surface area is 131 Å². The number of aliphatic hydroxyl groups excluding tert-OH is 1. The zero-order chi connectivity index (χ0) is 15.4. The van der Waals surface area contributed by atoms with Gasteiger partial charge in [0, 0.05) is 0 Å². The Morgan fingerprint density at radius 2 is 1.32 bits per heavy atom. The first-order valence-corrected chi connectivity index (χ1v) is 7.73. The van der Waals surface area contributed by atoms with Gasteiger partial charge in [0.05, 0.1) is 6.10 Å². The van der Waals surface area contributed by atoms with Crippen LogP contribution in [-0.4, -0.2) is 5.11 Å². The minimum atomic E-state index is -0.445. The largest absolute Gasteiger partial charge is 0.388 e. The molecule has 1 heteroatoms. The molecule has 0 bridgehead atoms. The van der Waals surface area contributed by atoms with E-state index < -0.39 is 6.10 Å². The molecule has 0 spiro atoms. The summed E-state index contributed by atoms with van der Waals surface area (Å²) in [5.74, 6) is 0. The molecular formula is C21H20O. The molecule has 0 aliphatic carbocycles. The van der Waals surface area contributed by atoms with Crippen LogP contribution in [0.2, 0.25) is 0 Å². The van der Waals surface area contributed by atoms with Crippen LogP contribution in [-0.2, 0) is 0 Å². The van der Waals surface area contributed by atoms with Crippen LogP contribution in [0.25, 0.3) is 22.3 Å². The molecule has 0 aliphatic heterocycles. The van der Waals surface area contributed by atoms with Crippen molar-refractivity contribution in [1.82, 2.24) is 0 Å². The molecular weight excluding hydrogens is 268 g/mol. The first kappa shape index (κ1) is 14.6. The van der Waals surface area contributed by atoms with Crippen molar-refractivity contribution in [3.63, 3.8) is 0 Å². The highest BCUT2D eigenvalue weighted by Gasteiger charge is 2.16. The van der Waals surface area contributed by atoms with Gasteiger partial charge in [-0.15, -0.1) is 0 Å². The maximum atomic E-state index is 10.4. The van der Waals surface area contributed by atoms with Crippen LogP contribution < -0.4 is 0 Å². The summed E-state index contributed by atoms with van der Waals surface area (Å²) in [6, 6.07) is 26.9. The second-order valence-corrected chi connectivity index (χ2v) is 5.43. The van der Waals surface area contributed by atoms with E-state index >= 15 is 0 Å². The molecule has 1 N–H and O–H groups in total. The highest BCUT2D eigenvalue weighted by atomic mass is 16.3. The van der Waals surface area contributed by atoms with Gasteiger partial charge in [-0.3, -0.25) is 0 Å². The topological polar surface area (TPSA) is 20.2 Å². The second kappa shape index (κ2) is 6.59. The van der Waals surface area contributed by atoms with E-state index in [9.17, 15) is 5.11 Å². The Morgan fingerprint density at radius 3 is 1.91 bits per heavy atom.